The van der Waals surface area contributed by atoms with Crippen molar-refractivity contribution in [2.75, 3.05) is 31.0 Å². The van der Waals surface area contributed by atoms with Crippen molar-refractivity contribution in [2.24, 2.45) is 0 Å². The SMILES string of the molecule is COCCC(=O)Nc1ccc(C2NC(=O)c3cccnc3N2C)cc1. The number of rotatable bonds is 5. The van der Waals surface area contributed by atoms with E-state index in [1.54, 1.807) is 25.4 Å². The fraction of sp³-hybridized carbons (Fsp3) is 0.278. The maximum atomic E-state index is 12.3. The van der Waals surface area contributed by atoms with Gasteiger partial charge in [0.1, 0.15) is 12.0 Å². The number of aromatic nitrogens is 1. The van der Waals surface area contributed by atoms with Gasteiger partial charge >= 0.3 is 0 Å². The van der Waals surface area contributed by atoms with Gasteiger partial charge in [0.15, 0.2) is 0 Å². The van der Waals surface area contributed by atoms with Gasteiger partial charge in [0.2, 0.25) is 5.91 Å². The average molecular weight is 340 g/mol. The lowest BCUT2D eigenvalue weighted by atomic mass is 10.1. The van der Waals surface area contributed by atoms with Gasteiger partial charge in [0.25, 0.3) is 5.91 Å². The highest BCUT2D eigenvalue weighted by molar-refractivity contribution is 6.01. The van der Waals surface area contributed by atoms with Crippen LogP contribution < -0.4 is 15.5 Å². The van der Waals surface area contributed by atoms with E-state index in [0.717, 1.165) is 5.56 Å². The molecule has 130 valence electrons. The Morgan fingerprint density at radius 3 is 2.80 bits per heavy atom. The third kappa shape index (κ3) is 3.61. The molecule has 2 N–H and O–H groups in total. The molecule has 0 bridgehead atoms. The second kappa shape index (κ2) is 7.31. The van der Waals surface area contributed by atoms with Crippen LogP contribution in [0.15, 0.2) is 42.6 Å². The van der Waals surface area contributed by atoms with E-state index < -0.39 is 0 Å². The smallest absolute Gasteiger partial charge is 0.256 e. The first kappa shape index (κ1) is 16.9. The molecular formula is C18H20N4O3. The van der Waals surface area contributed by atoms with Gasteiger partial charge in [0.05, 0.1) is 18.6 Å². The number of carbonyl (C=O) groups excluding carboxylic acids is 2. The van der Waals surface area contributed by atoms with Crippen LogP contribution in [0.25, 0.3) is 0 Å². The maximum Gasteiger partial charge on any atom is 0.256 e. The number of pyridine rings is 1. The molecule has 2 amide bonds. The number of nitrogens with zero attached hydrogens (tertiary/aromatic N) is 2. The molecule has 7 nitrogen and oxygen atoms in total. The minimum Gasteiger partial charge on any atom is -0.384 e. The summed E-state index contributed by atoms with van der Waals surface area (Å²) >= 11 is 0. The van der Waals surface area contributed by atoms with Crippen molar-refractivity contribution in [3.05, 3.63) is 53.7 Å². The molecule has 0 aliphatic carbocycles. The molecular weight excluding hydrogens is 320 g/mol. The number of benzene rings is 1. The van der Waals surface area contributed by atoms with Gasteiger partial charge in [-0.05, 0) is 29.8 Å². The van der Waals surface area contributed by atoms with E-state index in [-0.39, 0.29) is 18.0 Å². The van der Waals surface area contributed by atoms with Crippen molar-refractivity contribution in [3.63, 3.8) is 0 Å². The highest BCUT2D eigenvalue weighted by atomic mass is 16.5. The summed E-state index contributed by atoms with van der Waals surface area (Å²) in [4.78, 5) is 30.2. The third-order valence-electron chi connectivity index (χ3n) is 4.06. The summed E-state index contributed by atoms with van der Waals surface area (Å²) in [6, 6.07) is 10.9. The first-order valence-corrected chi connectivity index (χ1v) is 7.97. The standard InChI is InChI=1S/C18H20N4O3/c1-22-16(21-18(24)14-4-3-10-19-17(14)22)12-5-7-13(8-6-12)20-15(23)9-11-25-2/h3-8,10,16H,9,11H2,1-2H3,(H,20,23)(H,21,24). The molecule has 2 aromatic rings. The highest BCUT2D eigenvalue weighted by Gasteiger charge is 2.30. The van der Waals surface area contributed by atoms with E-state index in [9.17, 15) is 9.59 Å². The van der Waals surface area contributed by atoms with Gasteiger partial charge in [-0.15, -0.1) is 0 Å². The molecule has 0 spiro atoms. The fourth-order valence-electron chi connectivity index (χ4n) is 2.75. The molecule has 1 aliphatic rings. The second-order valence-electron chi connectivity index (χ2n) is 5.77. The Morgan fingerprint density at radius 2 is 2.08 bits per heavy atom. The largest absolute Gasteiger partial charge is 0.384 e. The third-order valence-corrected chi connectivity index (χ3v) is 4.06. The summed E-state index contributed by atoms with van der Waals surface area (Å²) < 4.78 is 4.89. The monoisotopic (exact) mass is 340 g/mol. The predicted octanol–water partition coefficient (Wildman–Crippen LogP) is 1.93. The van der Waals surface area contributed by atoms with E-state index in [4.69, 9.17) is 4.74 Å². The van der Waals surface area contributed by atoms with Crippen molar-refractivity contribution < 1.29 is 14.3 Å². The van der Waals surface area contributed by atoms with E-state index in [2.05, 4.69) is 15.6 Å². The molecule has 1 aromatic heterocycles. The normalized spacial score (nSPS) is 16.2. The van der Waals surface area contributed by atoms with Gasteiger partial charge in [0, 0.05) is 26.0 Å². The molecule has 2 heterocycles. The van der Waals surface area contributed by atoms with Crippen molar-refractivity contribution in [2.45, 2.75) is 12.6 Å². The first-order valence-electron chi connectivity index (χ1n) is 7.97. The van der Waals surface area contributed by atoms with Crippen LogP contribution in [0.1, 0.15) is 28.5 Å². The Labute approximate surface area is 146 Å². The lowest BCUT2D eigenvalue weighted by Gasteiger charge is -2.35. The van der Waals surface area contributed by atoms with Gasteiger partial charge < -0.3 is 20.3 Å². The highest BCUT2D eigenvalue weighted by Crippen LogP contribution is 2.30. The molecule has 0 saturated heterocycles. The van der Waals surface area contributed by atoms with Gasteiger partial charge in [-0.1, -0.05) is 12.1 Å². The number of carbonyl (C=O) groups is 2. The molecule has 3 rings (SSSR count). The quantitative estimate of drug-likeness (QED) is 0.869. The van der Waals surface area contributed by atoms with E-state index in [0.29, 0.717) is 30.1 Å². The van der Waals surface area contributed by atoms with Crippen LogP contribution in [0.3, 0.4) is 0 Å². The minimum absolute atomic E-state index is 0.101. The van der Waals surface area contributed by atoms with Crippen LogP contribution in [-0.2, 0) is 9.53 Å². The summed E-state index contributed by atoms with van der Waals surface area (Å²) in [7, 11) is 3.44. The number of ether oxygens (including phenoxy) is 1. The average Bonchev–Trinajstić information content (AvgIpc) is 2.64. The molecule has 1 aliphatic heterocycles. The predicted molar refractivity (Wildman–Crippen MR) is 94.4 cm³/mol. The molecule has 1 aromatic carbocycles. The van der Waals surface area contributed by atoms with Crippen LogP contribution >= 0.6 is 0 Å². The van der Waals surface area contributed by atoms with Crippen LogP contribution in [0, 0.1) is 0 Å². The zero-order valence-corrected chi connectivity index (χ0v) is 14.2. The van der Waals surface area contributed by atoms with E-state index in [1.165, 1.54) is 0 Å². The number of fused-ring (bicyclic) bond motifs is 1. The molecule has 0 saturated carbocycles. The minimum atomic E-state index is -0.312. The lowest BCUT2D eigenvalue weighted by Crippen LogP contribution is -2.45. The first-order chi connectivity index (χ1) is 12.1. The van der Waals surface area contributed by atoms with Crippen LogP contribution in [0.4, 0.5) is 11.5 Å². The number of anilines is 2. The molecule has 1 atom stereocenters. The molecule has 25 heavy (non-hydrogen) atoms. The Bertz CT molecular complexity index is 776. The van der Waals surface area contributed by atoms with Crippen molar-refractivity contribution >= 4 is 23.3 Å². The Kier molecular flexibility index (Phi) is 4.95. The van der Waals surface area contributed by atoms with Gasteiger partial charge in [-0.2, -0.15) is 0 Å². The number of hydrogen-bond acceptors (Lipinski definition) is 5. The summed E-state index contributed by atoms with van der Waals surface area (Å²) in [5.74, 6) is 0.396. The lowest BCUT2D eigenvalue weighted by molar-refractivity contribution is -0.117. The molecule has 7 heteroatoms. The van der Waals surface area contributed by atoms with Crippen molar-refractivity contribution in [3.8, 4) is 0 Å². The zero-order chi connectivity index (χ0) is 17.8. The molecule has 0 radical (unpaired) electrons. The van der Waals surface area contributed by atoms with Gasteiger partial charge in [-0.3, -0.25) is 9.59 Å². The molecule has 1 unspecified atom stereocenters. The number of hydrogen-bond donors (Lipinski definition) is 2. The Balaban J connectivity index is 1.75. The van der Waals surface area contributed by atoms with Crippen molar-refractivity contribution in [1.82, 2.24) is 10.3 Å². The molecule has 0 fully saturated rings. The summed E-state index contributed by atoms with van der Waals surface area (Å²) in [5.41, 5.74) is 2.17. The topological polar surface area (TPSA) is 83.6 Å². The Hall–Kier alpha value is -2.93. The maximum absolute atomic E-state index is 12.3. The van der Waals surface area contributed by atoms with Gasteiger partial charge in [-0.25, -0.2) is 4.98 Å². The number of methoxy groups -OCH3 is 1. The van der Waals surface area contributed by atoms with E-state index >= 15 is 0 Å². The zero-order valence-electron chi connectivity index (χ0n) is 14.2. The van der Waals surface area contributed by atoms with Crippen LogP contribution in [0.5, 0.6) is 0 Å². The summed E-state index contributed by atoms with van der Waals surface area (Å²) in [5, 5.41) is 5.78. The Morgan fingerprint density at radius 1 is 1.32 bits per heavy atom. The summed E-state index contributed by atoms with van der Waals surface area (Å²) in [6.45, 7) is 0.384. The van der Waals surface area contributed by atoms with E-state index in [1.807, 2.05) is 36.2 Å². The number of nitrogens with one attached hydrogen (secondary N) is 2. The van der Waals surface area contributed by atoms with Crippen molar-refractivity contribution in [1.29, 1.82) is 0 Å². The second-order valence-corrected chi connectivity index (χ2v) is 5.77. The summed E-state index contributed by atoms with van der Waals surface area (Å²) in [6.07, 6.45) is 1.67. The fourth-order valence-corrected chi connectivity index (χ4v) is 2.75. The number of amides is 2. The van der Waals surface area contributed by atoms with Crippen LogP contribution in [-0.4, -0.2) is 37.6 Å². The van der Waals surface area contributed by atoms with Crippen LogP contribution in [0.2, 0.25) is 0 Å².